The second-order valence-electron chi connectivity index (χ2n) is 19.8. The zero-order chi connectivity index (χ0) is 49.1. The zero-order valence-corrected chi connectivity index (χ0v) is 41.1. The Labute approximate surface area is 406 Å². The first-order valence-corrected chi connectivity index (χ1v) is 24.9. The maximum atomic E-state index is 15.4. The number of carbonyl (C=O) groups excluding carboxylic acids is 2. The van der Waals surface area contributed by atoms with Crippen molar-refractivity contribution in [3.63, 3.8) is 0 Å². The van der Waals surface area contributed by atoms with Gasteiger partial charge in [0.1, 0.15) is 35.2 Å². The van der Waals surface area contributed by atoms with E-state index in [0.29, 0.717) is 28.1 Å². The smallest absolute Gasteiger partial charge is 0.312 e. The van der Waals surface area contributed by atoms with E-state index >= 15 is 4.39 Å². The van der Waals surface area contributed by atoms with Crippen molar-refractivity contribution in [3.05, 3.63) is 112 Å². The predicted octanol–water partition coefficient (Wildman–Crippen LogP) is 10.5. The lowest BCUT2D eigenvalue weighted by atomic mass is 9.72. The Morgan fingerprint density at radius 1 is 0.957 bits per heavy atom. The number of nitroso groups, excluding NO2 is 1. The highest BCUT2D eigenvalue weighted by Gasteiger charge is 2.37. The zero-order valence-electron chi connectivity index (χ0n) is 39.6. The number of hydrogen-bond acceptors (Lipinski definition) is 13. The van der Waals surface area contributed by atoms with Crippen molar-refractivity contribution in [2.75, 3.05) is 64.2 Å². The van der Waals surface area contributed by atoms with Gasteiger partial charge in [0.05, 0.1) is 22.1 Å². The average molecular weight is 986 g/mol. The molecule has 4 heterocycles. The monoisotopic (exact) mass is 984 g/mol. The number of amides is 1. The normalized spacial score (nSPS) is 17.6. The number of pyridine rings is 1. The van der Waals surface area contributed by atoms with Gasteiger partial charge in [-0.25, -0.2) is 17.8 Å². The van der Waals surface area contributed by atoms with Crippen LogP contribution >= 0.6 is 11.6 Å². The Balaban J connectivity index is 1.08. The Kier molecular flexibility index (Phi) is 14.5. The van der Waals surface area contributed by atoms with Gasteiger partial charge in [0.2, 0.25) is 0 Å². The summed E-state index contributed by atoms with van der Waals surface area (Å²) in [7, 11) is -4.91. The maximum Gasteiger partial charge on any atom is 0.312 e. The number of carbonyl (C=O) groups is 2. The number of nitrogens with zero attached hydrogens (tertiary/aromatic N) is 5. The summed E-state index contributed by atoms with van der Waals surface area (Å²) in [5, 5.41) is 4.42. The summed E-state index contributed by atoms with van der Waals surface area (Å²) in [6.45, 7) is 12.1. The van der Waals surface area contributed by atoms with Crippen LogP contribution in [0.4, 0.5) is 15.8 Å². The molecule has 0 radical (unpaired) electrons. The summed E-state index contributed by atoms with van der Waals surface area (Å²) in [6, 6.07) is 19.8. The fourth-order valence-electron chi connectivity index (χ4n) is 8.74. The molecular weight excluding hydrogens is 927 g/mol. The minimum atomic E-state index is -4.91. The Morgan fingerprint density at radius 2 is 1.70 bits per heavy atom. The molecule has 3 aromatic carbocycles. The number of sulfonamides is 1. The third-order valence-electron chi connectivity index (χ3n) is 13.0. The van der Waals surface area contributed by atoms with Gasteiger partial charge in [-0.2, -0.15) is 4.31 Å². The van der Waals surface area contributed by atoms with Crippen LogP contribution in [-0.4, -0.2) is 104 Å². The number of H-pyrrole nitrogens is 1. The van der Waals surface area contributed by atoms with Crippen LogP contribution in [0.5, 0.6) is 17.2 Å². The molecular formula is C51H58ClFN6O9S. The van der Waals surface area contributed by atoms with E-state index in [1.54, 1.807) is 45.2 Å². The Bertz CT molecular complexity index is 2850. The molecule has 2 fully saturated rings. The molecule has 1 amide bonds. The third-order valence-corrected chi connectivity index (χ3v) is 14.9. The van der Waals surface area contributed by atoms with Gasteiger partial charge in [0.15, 0.2) is 12.4 Å². The number of hydrogen-bond donors (Lipinski definition) is 1. The summed E-state index contributed by atoms with van der Waals surface area (Å²) < 4.78 is 67.9. The van der Waals surface area contributed by atoms with E-state index in [1.807, 2.05) is 18.2 Å². The molecule has 0 atom stereocenters. The predicted molar refractivity (Wildman–Crippen MR) is 262 cm³/mol. The third kappa shape index (κ3) is 11.6. The van der Waals surface area contributed by atoms with Crippen LogP contribution in [-0.2, 0) is 24.3 Å². The molecule has 0 saturated carbocycles. The molecule has 1 aliphatic carbocycles. The molecule has 0 spiro atoms. The summed E-state index contributed by atoms with van der Waals surface area (Å²) >= 11 is 6.26. The van der Waals surface area contributed by atoms with Crippen LogP contribution in [0.25, 0.3) is 16.6 Å². The number of allylic oxidation sites excluding steroid dienone is 1. The molecule has 2 aliphatic heterocycles. The van der Waals surface area contributed by atoms with Gasteiger partial charge in [0, 0.05) is 87.1 Å². The van der Waals surface area contributed by atoms with Crippen LogP contribution in [0.1, 0.15) is 82.6 Å². The molecule has 0 bridgehead atoms. The number of ether oxygens (including phenoxy) is 4. The van der Waals surface area contributed by atoms with Gasteiger partial charge in [-0.3, -0.25) is 14.5 Å². The number of piperazine rings is 1. The van der Waals surface area contributed by atoms with Crippen LogP contribution in [0.15, 0.2) is 101 Å². The van der Waals surface area contributed by atoms with Crippen molar-refractivity contribution < 1.29 is 41.3 Å². The van der Waals surface area contributed by atoms with E-state index < -0.39 is 56.9 Å². The summed E-state index contributed by atoms with van der Waals surface area (Å²) in [4.78, 5) is 51.7. The van der Waals surface area contributed by atoms with E-state index in [0.717, 1.165) is 62.1 Å². The standard InChI is InChI=1S/C51H58ClFN6O9S/c1-49(2,3)48(61)67-33-59(69(63,64)40-11-13-44(43(28-40)56-62)66-32-51(53)17-24-65-25-18-51)47(60)41-12-10-38(27-45(41)68-39-26-35-15-19-54-46(35)55-30-39)58-22-20-57(21-23-58)31-36-14-16-50(4,5)29-42(36)34-6-8-37(52)9-7-34/h6-13,15,19,26-28,30H,14,16-18,20-25,29,31-33H2,1-5H3,(H,54,55). The van der Waals surface area contributed by atoms with Crippen molar-refractivity contribution in [2.24, 2.45) is 16.0 Å². The molecule has 1 N–H and O–H groups in total. The van der Waals surface area contributed by atoms with Crippen molar-refractivity contribution >= 4 is 61.5 Å². The number of nitrogens with one attached hydrogen (secondary N) is 1. The van der Waals surface area contributed by atoms with Gasteiger partial charge >= 0.3 is 5.97 Å². The first-order chi connectivity index (χ1) is 32.8. The fraction of sp³-hybridized carbons (Fsp3) is 0.431. The van der Waals surface area contributed by atoms with Crippen molar-refractivity contribution in [1.29, 1.82) is 0 Å². The number of alkyl halides is 1. The highest BCUT2D eigenvalue weighted by molar-refractivity contribution is 7.89. The molecule has 5 aromatic rings. The lowest BCUT2D eigenvalue weighted by molar-refractivity contribution is -0.155. The molecule has 2 aromatic heterocycles. The Morgan fingerprint density at radius 3 is 2.41 bits per heavy atom. The van der Waals surface area contributed by atoms with Crippen LogP contribution in [0, 0.1) is 15.7 Å². The molecule has 69 heavy (non-hydrogen) atoms. The molecule has 366 valence electrons. The van der Waals surface area contributed by atoms with Gasteiger partial charge in [-0.1, -0.05) is 43.2 Å². The van der Waals surface area contributed by atoms with Crippen molar-refractivity contribution in [3.8, 4) is 17.2 Å². The van der Waals surface area contributed by atoms with E-state index in [-0.39, 0.29) is 54.3 Å². The number of halogens is 2. The maximum absolute atomic E-state index is 15.4. The van der Waals surface area contributed by atoms with Crippen LogP contribution in [0.3, 0.4) is 0 Å². The molecule has 18 heteroatoms. The minimum Gasteiger partial charge on any atom is -0.488 e. The second-order valence-corrected chi connectivity index (χ2v) is 22.1. The first-order valence-electron chi connectivity index (χ1n) is 23.1. The van der Waals surface area contributed by atoms with Gasteiger partial charge < -0.3 is 28.8 Å². The van der Waals surface area contributed by atoms with Gasteiger partial charge in [-0.05, 0) is 116 Å². The average Bonchev–Trinajstić information content (AvgIpc) is 3.80. The molecule has 3 aliphatic rings. The number of rotatable bonds is 15. The summed E-state index contributed by atoms with van der Waals surface area (Å²) in [5.74, 6) is -1.71. The van der Waals surface area contributed by atoms with E-state index in [4.69, 9.17) is 30.5 Å². The molecule has 8 rings (SSSR count). The van der Waals surface area contributed by atoms with Crippen LogP contribution in [0.2, 0.25) is 5.02 Å². The van der Waals surface area contributed by atoms with Crippen molar-refractivity contribution in [1.82, 2.24) is 19.2 Å². The number of aromatic amines is 1. The van der Waals surface area contributed by atoms with E-state index in [2.05, 4.69) is 50.9 Å². The highest BCUT2D eigenvalue weighted by Crippen LogP contribution is 2.44. The molecule has 2 saturated heterocycles. The lowest BCUT2D eigenvalue weighted by Gasteiger charge is -2.39. The Hall–Kier alpha value is -5.88. The molecule has 15 nitrogen and oxygen atoms in total. The fourth-order valence-corrected chi connectivity index (χ4v) is 10.1. The summed E-state index contributed by atoms with van der Waals surface area (Å²) in [6.07, 6.45) is 6.49. The van der Waals surface area contributed by atoms with Gasteiger partial charge in [-0.15, -0.1) is 4.91 Å². The van der Waals surface area contributed by atoms with Crippen LogP contribution < -0.4 is 14.4 Å². The van der Waals surface area contributed by atoms with E-state index in [9.17, 15) is 22.9 Å². The summed E-state index contributed by atoms with van der Waals surface area (Å²) in [5.41, 5.74) is 2.19. The topological polar surface area (TPSA) is 173 Å². The SMILES string of the molecule is CC1(C)CCC(CN2CCN(c3ccc(C(=O)N(COC(=O)C(C)(C)C)S(=O)(=O)c4ccc(OCC5(F)CCOCC5)c(N=O)c4)c(Oc4cnc5[nH]ccc5c4)c3)CC2)=C(c2ccc(Cl)cc2)C1. The number of benzene rings is 3. The molecule has 0 unspecified atom stereocenters. The number of aromatic nitrogens is 2. The minimum absolute atomic E-state index is 0.0220. The number of anilines is 1. The number of esters is 1. The largest absolute Gasteiger partial charge is 0.488 e. The van der Waals surface area contributed by atoms with E-state index in [1.165, 1.54) is 35.0 Å². The number of fused-ring (bicyclic) bond motifs is 1. The second kappa shape index (κ2) is 20.2. The lowest BCUT2D eigenvalue weighted by Crippen LogP contribution is -2.47. The van der Waals surface area contributed by atoms with Crippen molar-refractivity contribution in [2.45, 2.75) is 77.3 Å². The highest BCUT2D eigenvalue weighted by atomic mass is 35.5. The first kappa shape index (κ1) is 49.5. The quantitative estimate of drug-likeness (QED) is 0.0598. The van der Waals surface area contributed by atoms with Gasteiger partial charge in [0.25, 0.3) is 15.9 Å².